The van der Waals surface area contributed by atoms with E-state index in [0.717, 1.165) is 35.9 Å². The topological polar surface area (TPSA) is 70.1 Å². The second-order valence-corrected chi connectivity index (χ2v) is 5.14. The van der Waals surface area contributed by atoms with Gasteiger partial charge in [0.15, 0.2) is 0 Å². The van der Waals surface area contributed by atoms with Gasteiger partial charge in [-0.15, -0.1) is 0 Å². The van der Waals surface area contributed by atoms with Crippen molar-refractivity contribution in [3.8, 4) is 0 Å². The van der Waals surface area contributed by atoms with Crippen LogP contribution in [0.2, 0.25) is 0 Å². The summed E-state index contributed by atoms with van der Waals surface area (Å²) in [5.41, 5.74) is 0.987. The van der Waals surface area contributed by atoms with Gasteiger partial charge in [-0.25, -0.2) is 9.97 Å². The molecule has 0 radical (unpaired) electrons. The summed E-state index contributed by atoms with van der Waals surface area (Å²) in [5.74, 6) is 2.84. The van der Waals surface area contributed by atoms with Crippen LogP contribution < -0.4 is 10.6 Å². The molecule has 0 saturated carbocycles. The first-order valence-corrected chi connectivity index (χ1v) is 6.96. The zero-order chi connectivity index (χ0) is 14.4. The van der Waals surface area contributed by atoms with Crippen LogP contribution in [0.5, 0.6) is 0 Å². The second kappa shape index (κ2) is 7.28. The first-order valence-electron chi connectivity index (χ1n) is 6.96. The molecule has 5 nitrogen and oxygen atoms in total. The van der Waals surface area contributed by atoms with Gasteiger partial charge in [0.05, 0.1) is 12.6 Å². The van der Waals surface area contributed by atoms with Crippen LogP contribution in [-0.4, -0.2) is 34.8 Å². The number of aryl methyl sites for hydroxylation is 1. The predicted octanol–water partition coefficient (Wildman–Crippen LogP) is 2.21. The van der Waals surface area contributed by atoms with Crippen molar-refractivity contribution in [3.05, 3.63) is 11.4 Å². The number of rotatable bonds is 7. The summed E-state index contributed by atoms with van der Waals surface area (Å²) in [5, 5.41) is 15.9. The summed E-state index contributed by atoms with van der Waals surface area (Å²) in [4.78, 5) is 9.06. The van der Waals surface area contributed by atoms with Crippen molar-refractivity contribution in [1.29, 1.82) is 0 Å². The van der Waals surface area contributed by atoms with Crippen molar-refractivity contribution >= 4 is 11.6 Å². The second-order valence-electron chi connectivity index (χ2n) is 5.14. The highest BCUT2D eigenvalue weighted by molar-refractivity contribution is 5.57. The molecule has 108 valence electrons. The fourth-order valence-corrected chi connectivity index (χ4v) is 1.88. The van der Waals surface area contributed by atoms with Crippen molar-refractivity contribution in [3.63, 3.8) is 0 Å². The Morgan fingerprint density at radius 1 is 1.21 bits per heavy atom. The van der Waals surface area contributed by atoms with Crippen LogP contribution in [0.4, 0.5) is 11.6 Å². The number of aliphatic hydroxyl groups is 1. The Hall–Kier alpha value is -1.36. The molecule has 0 fully saturated rings. The van der Waals surface area contributed by atoms with Crippen LogP contribution in [0.25, 0.3) is 0 Å². The molecule has 0 bridgehead atoms. The van der Waals surface area contributed by atoms with Gasteiger partial charge in [0.1, 0.15) is 17.5 Å². The van der Waals surface area contributed by atoms with Crippen molar-refractivity contribution in [2.24, 2.45) is 5.92 Å². The van der Waals surface area contributed by atoms with Gasteiger partial charge in [0.2, 0.25) is 0 Å². The summed E-state index contributed by atoms with van der Waals surface area (Å²) < 4.78 is 0. The third-order valence-electron chi connectivity index (χ3n) is 3.23. The van der Waals surface area contributed by atoms with Crippen LogP contribution in [0.1, 0.15) is 38.6 Å². The number of hydrogen-bond acceptors (Lipinski definition) is 5. The average Bonchev–Trinajstić information content (AvgIpc) is 2.38. The van der Waals surface area contributed by atoms with Crippen LogP contribution in [0, 0.1) is 12.8 Å². The molecule has 1 aromatic rings. The normalized spacial score (nSPS) is 12.6. The Kier molecular flexibility index (Phi) is 6.02. The van der Waals surface area contributed by atoms with Gasteiger partial charge in [0, 0.05) is 19.0 Å². The minimum Gasteiger partial charge on any atom is -0.394 e. The molecule has 1 heterocycles. The predicted molar refractivity (Wildman–Crippen MR) is 79.6 cm³/mol. The molecule has 0 unspecified atom stereocenters. The van der Waals surface area contributed by atoms with Crippen molar-refractivity contribution in [1.82, 2.24) is 9.97 Å². The monoisotopic (exact) mass is 266 g/mol. The van der Waals surface area contributed by atoms with E-state index < -0.39 is 0 Å². The number of anilines is 2. The van der Waals surface area contributed by atoms with Crippen molar-refractivity contribution in [2.75, 3.05) is 24.3 Å². The van der Waals surface area contributed by atoms with Gasteiger partial charge in [-0.3, -0.25) is 0 Å². The van der Waals surface area contributed by atoms with Crippen LogP contribution in [0.15, 0.2) is 0 Å². The fourth-order valence-electron chi connectivity index (χ4n) is 1.88. The maximum Gasteiger partial charge on any atom is 0.135 e. The third kappa shape index (κ3) is 4.06. The SMILES string of the molecule is CCCc1nc(NC)c(C)c(N[C@H](CO)C(C)C)n1. The summed E-state index contributed by atoms with van der Waals surface area (Å²) >= 11 is 0. The zero-order valence-electron chi connectivity index (χ0n) is 12.6. The highest BCUT2D eigenvalue weighted by Gasteiger charge is 2.16. The lowest BCUT2D eigenvalue weighted by Crippen LogP contribution is -2.30. The van der Waals surface area contributed by atoms with E-state index >= 15 is 0 Å². The number of aromatic nitrogens is 2. The Bertz CT molecular complexity index is 407. The van der Waals surface area contributed by atoms with Gasteiger partial charge in [-0.05, 0) is 19.3 Å². The Labute approximate surface area is 115 Å². The van der Waals surface area contributed by atoms with E-state index in [9.17, 15) is 5.11 Å². The van der Waals surface area contributed by atoms with E-state index in [0.29, 0.717) is 5.92 Å². The molecule has 0 amide bonds. The zero-order valence-corrected chi connectivity index (χ0v) is 12.6. The Morgan fingerprint density at radius 2 is 1.84 bits per heavy atom. The third-order valence-corrected chi connectivity index (χ3v) is 3.23. The van der Waals surface area contributed by atoms with Gasteiger partial charge >= 0.3 is 0 Å². The lowest BCUT2D eigenvalue weighted by Gasteiger charge is -2.22. The van der Waals surface area contributed by atoms with Gasteiger partial charge < -0.3 is 15.7 Å². The smallest absolute Gasteiger partial charge is 0.135 e. The first kappa shape index (κ1) is 15.7. The van der Waals surface area contributed by atoms with Crippen molar-refractivity contribution < 1.29 is 5.11 Å². The molecule has 0 aliphatic rings. The van der Waals surface area contributed by atoms with E-state index in [1.54, 1.807) is 0 Å². The number of hydrogen-bond donors (Lipinski definition) is 3. The summed E-state index contributed by atoms with van der Waals surface area (Å²) in [6, 6.07) is 0.00721. The van der Waals surface area contributed by atoms with Crippen molar-refractivity contribution in [2.45, 2.75) is 46.6 Å². The molecular weight excluding hydrogens is 240 g/mol. The molecule has 0 saturated heterocycles. The molecule has 1 rings (SSSR count). The van der Waals surface area contributed by atoms with Crippen LogP contribution in [-0.2, 0) is 6.42 Å². The maximum absolute atomic E-state index is 9.43. The highest BCUT2D eigenvalue weighted by Crippen LogP contribution is 2.22. The maximum atomic E-state index is 9.43. The largest absolute Gasteiger partial charge is 0.394 e. The molecule has 3 N–H and O–H groups in total. The summed E-state index contributed by atoms with van der Waals surface area (Å²) in [7, 11) is 1.86. The van der Waals surface area contributed by atoms with E-state index in [1.807, 2.05) is 14.0 Å². The molecular formula is C14H26N4O. The van der Waals surface area contributed by atoms with E-state index in [1.165, 1.54) is 0 Å². The standard InChI is InChI=1S/C14H26N4O/c1-6-7-12-17-13(15-5)10(4)14(18-12)16-11(8-19)9(2)3/h9,11,19H,6-8H2,1-5H3,(H2,15,16,17,18)/t11-/m1/s1. The number of nitrogens with one attached hydrogen (secondary N) is 2. The van der Waals surface area contributed by atoms with E-state index in [-0.39, 0.29) is 12.6 Å². The molecule has 19 heavy (non-hydrogen) atoms. The molecule has 0 spiro atoms. The number of nitrogens with zero attached hydrogens (tertiary/aromatic N) is 2. The highest BCUT2D eigenvalue weighted by atomic mass is 16.3. The van der Waals surface area contributed by atoms with Crippen LogP contribution in [0.3, 0.4) is 0 Å². The first-order chi connectivity index (χ1) is 9.03. The molecule has 0 aromatic carbocycles. The van der Waals surface area contributed by atoms with Gasteiger partial charge in [0.25, 0.3) is 0 Å². The lowest BCUT2D eigenvalue weighted by molar-refractivity contribution is 0.249. The van der Waals surface area contributed by atoms with E-state index in [4.69, 9.17) is 0 Å². The Balaban J connectivity index is 3.06. The molecule has 5 heteroatoms. The van der Waals surface area contributed by atoms with Crippen LogP contribution >= 0.6 is 0 Å². The average molecular weight is 266 g/mol. The Morgan fingerprint density at radius 3 is 2.32 bits per heavy atom. The summed E-state index contributed by atoms with van der Waals surface area (Å²) in [6.07, 6.45) is 1.87. The minimum atomic E-state index is 0.00721. The quantitative estimate of drug-likeness (QED) is 0.706. The van der Waals surface area contributed by atoms with Gasteiger partial charge in [-0.2, -0.15) is 0 Å². The molecule has 1 atom stereocenters. The van der Waals surface area contributed by atoms with E-state index in [2.05, 4.69) is 41.4 Å². The lowest BCUT2D eigenvalue weighted by atomic mass is 10.1. The minimum absolute atomic E-state index is 0.00721. The number of aliphatic hydroxyl groups excluding tert-OH is 1. The molecule has 0 aliphatic carbocycles. The fraction of sp³-hybridized carbons (Fsp3) is 0.714. The summed E-state index contributed by atoms with van der Waals surface area (Å²) in [6.45, 7) is 8.35. The molecule has 0 aliphatic heterocycles. The van der Waals surface area contributed by atoms with Gasteiger partial charge in [-0.1, -0.05) is 20.8 Å². The molecule has 1 aromatic heterocycles.